The summed E-state index contributed by atoms with van der Waals surface area (Å²) in [4.78, 5) is 46.3. The summed E-state index contributed by atoms with van der Waals surface area (Å²) in [6.45, 7) is 4.16. The number of likely N-dealkylation sites (tertiary alicyclic amines) is 2. The van der Waals surface area contributed by atoms with Crippen LogP contribution in [0.15, 0.2) is 53.9 Å². The zero-order valence-corrected chi connectivity index (χ0v) is 24.5. The standard InChI is InChI=1S/C31H33F3N4O4S/c1-2-42-30(41)38-17-13-23(14-18-38)35-27(39)26-19-43-28(36-26)21-11-15-37(16-12-21)29(40)25-6-4-3-5-24(25)20-7-9-22(10-8-20)31(32,33)34/h3-10,19,21,23H,2,11-18H2,1H3,(H,35,39). The second-order valence-corrected chi connectivity index (χ2v) is 11.6. The number of nitrogens with one attached hydrogen (secondary N) is 1. The predicted octanol–water partition coefficient (Wildman–Crippen LogP) is 6.20. The molecule has 1 aromatic heterocycles. The van der Waals surface area contributed by atoms with Crippen LogP contribution in [-0.2, 0) is 10.9 Å². The average Bonchev–Trinajstić information content (AvgIpc) is 3.52. The summed E-state index contributed by atoms with van der Waals surface area (Å²) in [7, 11) is 0. The molecule has 0 bridgehead atoms. The van der Waals surface area contributed by atoms with Crippen molar-refractivity contribution in [2.24, 2.45) is 0 Å². The molecule has 0 spiro atoms. The van der Waals surface area contributed by atoms with Crippen LogP contribution in [0.25, 0.3) is 11.1 Å². The zero-order valence-electron chi connectivity index (χ0n) is 23.7. The number of carbonyl (C=O) groups excluding carboxylic acids is 3. The van der Waals surface area contributed by atoms with Gasteiger partial charge in [-0.2, -0.15) is 13.2 Å². The number of benzene rings is 2. The van der Waals surface area contributed by atoms with Gasteiger partial charge in [0, 0.05) is 49.1 Å². The Balaban J connectivity index is 1.15. The average molecular weight is 615 g/mol. The fourth-order valence-corrected chi connectivity index (χ4v) is 6.49. The number of nitrogens with zero attached hydrogens (tertiary/aromatic N) is 3. The highest BCUT2D eigenvalue weighted by Crippen LogP contribution is 2.34. The van der Waals surface area contributed by atoms with Crippen LogP contribution < -0.4 is 5.32 Å². The van der Waals surface area contributed by atoms with Crippen molar-refractivity contribution in [1.29, 1.82) is 0 Å². The molecule has 3 heterocycles. The van der Waals surface area contributed by atoms with E-state index in [0.717, 1.165) is 17.1 Å². The number of piperidine rings is 2. The molecular weight excluding hydrogens is 581 g/mol. The highest BCUT2D eigenvalue weighted by atomic mass is 32.1. The molecule has 0 atom stereocenters. The molecule has 3 amide bonds. The summed E-state index contributed by atoms with van der Waals surface area (Å²) >= 11 is 1.44. The molecule has 228 valence electrons. The van der Waals surface area contributed by atoms with E-state index in [-0.39, 0.29) is 29.9 Å². The minimum atomic E-state index is -4.43. The van der Waals surface area contributed by atoms with E-state index in [2.05, 4.69) is 10.3 Å². The Hall–Kier alpha value is -3.93. The first-order chi connectivity index (χ1) is 20.6. The van der Waals surface area contributed by atoms with Gasteiger partial charge in [0.1, 0.15) is 5.69 Å². The third-order valence-corrected chi connectivity index (χ3v) is 8.93. The SMILES string of the molecule is CCOC(=O)N1CCC(NC(=O)c2csc(C3CCN(C(=O)c4ccccc4-c4ccc(C(F)(F)F)cc4)CC3)n2)CC1. The van der Waals surface area contributed by atoms with Crippen LogP contribution in [0.2, 0.25) is 0 Å². The number of carbonyl (C=O) groups is 3. The predicted molar refractivity (Wildman–Crippen MR) is 156 cm³/mol. The maximum atomic E-state index is 13.5. The van der Waals surface area contributed by atoms with Crippen molar-refractivity contribution >= 4 is 29.2 Å². The summed E-state index contributed by atoms with van der Waals surface area (Å²) in [5.74, 6) is -0.277. The van der Waals surface area contributed by atoms with Crippen LogP contribution >= 0.6 is 11.3 Å². The molecule has 2 saturated heterocycles. The molecule has 1 N–H and O–H groups in total. The van der Waals surface area contributed by atoms with Gasteiger partial charge in [0.05, 0.1) is 17.2 Å². The fraction of sp³-hybridized carbons (Fsp3) is 0.419. The first kappa shape index (κ1) is 30.5. The molecule has 0 radical (unpaired) electrons. The molecule has 3 aromatic rings. The van der Waals surface area contributed by atoms with Crippen LogP contribution in [0, 0.1) is 0 Å². The summed E-state index contributed by atoms with van der Waals surface area (Å²) in [5, 5.41) is 5.65. The number of ether oxygens (including phenoxy) is 1. The van der Waals surface area contributed by atoms with Gasteiger partial charge in [0.25, 0.3) is 11.8 Å². The molecule has 8 nitrogen and oxygen atoms in total. The third-order valence-electron chi connectivity index (χ3n) is 7.92. The van der Waals surface area contributed by atoms with E-state index in [1.165, 1.54) is 23.5 Å². The Morgan fingerprint density at radius 3 is 2.26 bits per heavy atom. The minimum Gasteiger partial charge on any atom is -0.450 e. The monoisotopic (exact) mass is 614 g/mol. The largest absolute Gasteiger partial charge is 0.450 e. The topological polar surface area (TPSA) is 91.8 Å². The lowest BCUT2D eigenvalue weighted by Crippen LogP contribution is -2.46. The van der Waals surface area contributed by atoms with E-state index >= 15 is 0 Å². The van der Waals surface area contributed by atoms with E-state index in [1.54, 1.807) is 46.4 Å². The Bertz CT molecular complexity index is 1440. The van der Waals surface area contributed by atoms with Crippen LogP contribution in [0.5, 0.6) is 0 Å². The van der Waals surface area contributed by atoms with Gasteiger partial charge >= 0.3 is 12.3 Å². The molecule has 43 heavy (non-hydrogen) atoms. The van der Waals surface area contributed by atoms with Gasteiger partial charge in [-0.15, -0.1) is 11.3 Å². The van der Waals surface area contributed by atoms with Crippen molar-refractivity contribution in [1.82, 2.24) is 20.1 Å². The lowest BCUT2D eigenvalue weighted by atomic mass is 9.94. The zero-order chi connectivity index (χ0) is 30.6. The van der Waals surface area contributed by atoms with Gasteiger partial charge in [0.15, 0.2) is 0 Å². The van der Waals surface area contributed by atoms with E-state index in [1.807, 2.05) is 0 Å². The molecule has 5 rings (SSSR count). The Kier molecular flexibility index (Phi) is 9.34. The van der Waals surface area contributed by atoms with E-state index < -0.39 is 11.7 Å². The highest BCUT2D eigenvalue weighted by molar-refractivity contribution is 7.09. The molecule has 0 aliphatic carbocycles. The number of aromatic nitrogens is 1. The Morgan fingerprint density at radius 1 is 0.953 bits per heavy atom. The van der Waals surface area contributed by atoms with E-state index in [4.69, 9.17) is 4.74 Å². The lowest BCUT2D eigenvalue weighted by molar-refractivity contribution is -0.137. The molecule has 0 unspecified atom stereocenters. The minimum absolute atomic E-state index is 0.0389. The normalized spacial score (nSPS) is 16.7. The van der Waals surface area contributed by atoms with Crippen molar-refractivity contribution < 1.29 is 32.3 Å². The fourth-order valence-electron chi connectivity index (χ4n) is 5.52. The number of halogens is 3. The van der Waals surface area contributed by atoms with Gasteiger partial charge in [-0.05, 0) is 61.9 Å². The first-order valence-corrected chi connectivity index (χ1v) is 15.3. The second-order valence-electron chi connectivity index (χ2n) is 10.7. The molecule has 2 aliphatic rings. The summed E-state index contributed by atoms with van der Waals surface area (Å²) in [6, 6.07) is 11.8. The summed E-state index contributed by atoms with van der Waals surface area (Å²) < 4.78 is 44.1. The highest BCUT2D eigenvalue weighted by Gasteiger charge is 2.31. The number of alkyl halides is 3. The maximum Gasteiger partial charge on any atom is 0.416 e. The van der Waals surface area contributed by atoms with Gasteiger partial charge in [-0.1, -0.05) is 30.3 Å². The lowest BCUT2D eigenvalue weighted by Gasteiger charge is -2.32. The van der Waals surface area contributed by atoms with Gasteiger partial charge in [0.2, 0.25) is 0 Å². The van der Waals surface area contributed by atoms with E-state index in [9.17, 15) is 27.6 Å². The van der Waals surface area contributed by atoms with Gasteiger partial charge in [-0.3, -0.25) is 9.59 Å². The molecule has 2 aliphatic heterocycles. The number of rotatable bonds is 6. The Labute approximate surface area is 251 Å². The summed E-state index contributed by atoms with van der Waals surface area (Å²) in [5.41, 5.74) is 1.22. The molecular formula is C31H33F3N4O4S. The van der Waals surface area contributed by atoms with Crippen LogP contribution in [0.3, 0.4) is 0 Å². The number of amides is 3. The van der Waals surface area contributed by atoms with Crippen molar-refractivity contribution in [2.75, 3.05) is 32.8 Å². The number of thiazole rings is 1. The number of hydrogen-bond donors (Lipinski definition) is 1. The quantitative estimate of drug-likeness (QED) is 0.357. The maximum absolute atomic E-state index is 13.5. The molecule has 0 saturated carbocycles. The second kappa shape index (κ2) is 13.2. The van der Waals surface area contributed by atoms with Crippen molar-refractivity contribution in [3.8, 4) is 11.1 Å². The van der Waals surface area contributed by atoms with Crippen LogP contribution in [-0.4, -0.2) is 71.5 Å². The smallest absolute Gasteiger partial charge is 0.416 e. The van der Waals surface area contributed by atoms with E-state index in [0.29, 0.717) is 80.9 Å². The third kappa shape index (κ3) is 7.18. The molecule has 2 aromatic carbocycles. The van der Waals surface area contributed by atoms with Crippen LogP contribution in [0.1, 0.15) is 69.9 Å². The molecule has 2 fully saturated rings. The summed E-state index contributed by atoms with van der Waals surface area (Å²) in [6.07, 6.45) is -2.08. The van der Waals surface area contributed by atoms with Crippen molar-refractivity contribution in [3.63, 3.8) is 0 Å². The van der Waals surface area contributed by atoms with Gasteiger partial charge in [-0.25, -0.2) is 9.78 Å². The van der Waals surface area contributed by atoms with Gasteiger partial charge < -0.3 is 19.9 Å². The van der Waals surface area contributed by atoms with Crippen molar-refractivity contribution in [2.45, 2.75) is 50.7 Å². The van der Waals surface area contributed by atoms with Crippen molar-refractivity contribution in [3.05, 3.63) is 75.7 Å². The Morgan fingerprint density at radius 2 is 1.60 bits per heavy atom. The molecule has 12 heteroatoms. The number of hydrogen-bond acceptors (Lipinski definition) is 6. The first-order valence-electron chi connectivity index (χ1n) is 14.4. The van der Waals surface area contributed by atoms with Crippen LogP contribution in [0.4, 0.5) is 18.0 Å².